The minimum absolute atomic E-state index is 0.0875. The number of rotatable bonds is 6. The Kier molecular flexibility index (Phi) is 6.95. The quantitative estimate of drug-likeness (QED) is 0.535. The van der Waals surface area contributed by atoms with Crippen molar-refractivity contribution in [3.05, 3.63) is 69.7 Å². The SMILES string of the molecule is Cc1ccccc1-c1nc(CNC(=O)c2cc(S(=O)(=O)N3CCCCC3)ccc2Cl)cs1. The Balaban J connectivity index is 1.48. The van der Waals surface area contributed by atoms with E-state index in [2.05, 4.69) is 10.3 Å². The second-order valence-electron chi connectivity index (χ2n) is 7.75. The third kappa shape index (κ3) is 4.88. The zero-order chi connectivity index (χ0) is 22.7. The van der Waals surface area contributed by atoms with Crippen molar-refractivity contribution in [2.24, 2.45) is 0 Å². The average Bonchev–Trinajstić information content (AvgIpc) is 3.27. The van der Waals surface area contributed by atoms with Crippen LogP contribution in [0.4, 0.5) is 0 Å². The highest BCUT2D eigenvalue weighted by atomic mass is 35.5. The molecule has 2 aromatic carbocycles. The molecule has 0 saturated carbocycles. The average molecular weight is 490 g/mol. The molecule has 168 valence electrons. The van der Waals surface area contributed by atoms with E-state index in [9.17, 15) is 13.2 Å². The number of hydrogen-bond acceptors (Lipinski definition) is 5. The number of amides is 1. The van der Waals surface area contributed by atoms with Gasteiger partial charge in [0.2, 0.25) is 10.0 Å². The van der Waals surface area contributed by atoms with E-state index in [4.69, 9.17) is 11.6 Å². The van der Waals surface area contributed by atoms with Crippen molar-refractivity contribution in [1.82, 2.24) is 14.6 Å². The molecule has 1 fully saturated rings. The van der Waals surface area contributed by atoms with Gasteiger partial charge in [0.05, 0.1) is 27.7 Å². The van der Waals surface area contributed by atoms with Gasteiger partial charge in [-0.05, 0) is 43.5 Å². The molecule has 0 unspecified atom stereocenters. The Morgan fingerprint density at radius 2 is 1.91 bits per heavy atom. The van der Waals surface area contributed by atoms with Gasteiger partial charge in [-0.1, -0.05) is 42.3 Å². The number of halogens is 1. The van der Waals surface area contributed by atoms with E-state index in [1.54, 1.807) is 0 Å². The van der Waals surface area contributed by atoms with Crippen molar-refractivity contribution in [1.29, 1.82) is 0 Å². The molecular weight excluding hydrogens is 466 g/mol. The molecule has 6 nitrogen and oxygen atoms in total. The first-order valence-corrected chi connectivity index (χ1v) is 13.1. The van der Waals surface area contributed by atoms with Crippen LogP contribution < -0.4 is 5.32 Å². The van der Waals surface area contributed by atoms with Crippen molar-refractivity contribution >= 4 is 38.9 Å². The molecule has 1 aliphatic rings. The van der Waals surface area contributed by atoms with Crippen LogP contribution in [0.5, 0.6) is 0 Å². The van der Waals surface area contributed by atoms with Crippen molar-refractivity contribution in [2.45, 2.75) is 37.6 Å². The van der Waals surface area contributed by atoms with Gasteiger partial charge in [0.1, 0.15) is 5.01 Å². The Morgan fingerprint density at radius 1 is 1.16 bits per heavy atom. The monoisotopic (exact) mass is 489 g/mol. The Hall–Kier alpha value is -2.26. The largest absolute Gasteiger partial charge is 0.346 e. The predicted molar refractivity (Wildman–Crippen MR) is 128 cm³/mol. The van der Waals surface area contributed by atoms with E-state index in [0.717, 1.165) is 41.1 Å². The molecule has 0 spiro atoms. The van der Waals surface area contributed by atoms with Crippen LogP contribution in [-0.4, -0.2) is 36.7 Å². The van der Waals surface area contributed by atoms with Crippen LogP contribution in [0.1, 0.15) is 40.9 Å². The number of sulfonamides is 1. The summed E-state index contributed by atoms with van der Waals surface area (Å²) in [6, 6.07) is 12.3. The lowest BCUT2D eigenvalue weighted by Gasteiger charge is -2.26. The summed E-state index contributed by atoms with van der Waals surface area (Å²) in [4.78, 5) is 17.5. The van der Waals surface area contributed by atoms with Crippen LogP contribution in [0.15, 0.2) is 52.7 Å². The maximum Gasteiger partial charge on any atom is 0.253 e. The van der Waals surface area contributed by atoms with Crippen molar-refractivity contribution in [2.75, 3.05) is 13.1 Å². The molecule has 1 amide bonds. The predicted octanol–water partition coefficient (Wildman–Crippen LogP) is 4.88. The summed E-state index contributed by atoms with van der Waals surface area (Å²) in [5.74, 6) is -0.434. The van der Waals surface area contributed by atoms with Gasteiger partial charge < -0.3 is 5.32 Å². The van der Waals surface area contributed by atoms with Crippen LogP contribution in [0.3, 0.4) is 0 Å². The van der Waals surface area contributed by atoms with Crippen LogP contribution in [0.2, 0.25) is 5.02 Å². The molecule has 0 bridgehead atoms. The van der Waals surface area contributed by atoms with Crippen LogP contribution >= 0.6 is 22.9 Å². The first kappa shape index (κ1) is 22.9. The molecular formula is C23H24ClN3O3S2. The third-order valence-corrected chi connectivity index (χ3v) is 8.64. The van der Waals surface area contributed by atoms with Gasteiger partial charge in [0.15, 0.2) is 0 Å². The fourth-order valence-corrected chi connectivity index (χ4v) is 6.34. The number of hydrogen-bond donors (Lipinski definition) is 1. The maximum absolute atomic E-state index is 13.0. The lowest BCUT2D eigenvalue weighted by Crippen LogP contribution is -2.35. The highest BCUT2D eigenvalue weighted by Crippen LogP contribution is 2.27. The molecule has 1 aliphatic heterocycles. The Bertz CT molecular complexity index is 1230. The van der Waals surface area contributed by atoms with Crippen LogP contribution in [0.25, 0.3) is 10.6 Å². The number of carbonyl (C=O) groups excluding carboxylic acids is 1. The van der Waals surface area contributed by atoms with Crippen molar-refractivity contribution in [3.63, 3.8) is 0 Å². The lowest BCUT2D eigenvalue weighted by atomic mass is 10.1. The molecule has 9 heteroatoms. The number of piperidine rings is 1. The standard InChI is InChI=1S/C23H24ClN3O3S2/c1-16-7-3-4-8-19(16)23-26-17(15-31-23)14-25-22(28)20-13-18(9-10-21(20)24)32(29,30)27-11-5-2-6-12-27/h3-4,7-10,13,15H,2,5-6,11-12,14H2,1H3,(H,25,28). The molecule has 0 aliphatic carbocycles. The van der Waals surface area contributed by atoms with E-state index in [-0.39, 0.29) is 22.0 Å². The molecule has 32 heavy (non-hydrogen) atoms. The van der Waals surface area contributed by atoms with Gasteiger partial charge in [0, 0.05) is 24.0 Å². The summed E-state index contributed by atoms with van der Waals surface area (Å²) in [7, 11) is -3.65. The zero-order valence-electron chi connectivity index (χ0n) is 17.7. The lowest BCUT2D eigenvalue weighted by molar-refractivity contribution is 0.0950. The normalized spacial score (nSPS) is 14.9. The van der Waals surface area contributed by atoms with E-state index in [1.165, 1.54) is 33.8 Å². The number of thiazole rings is 1. The van der Waals surface area contributed by atoms with Gasteiger partial charge in [-0.2, -0.15) is 4.31 Å². The molecule has 0 radical (unpaired) electrons. The van der Waals surface area contributed by atoms with Crippen molar-refractivity contribution < 1.29 is 13.2 Å². The van der Waals surface area contributed by atoms with Gasteiger partial charge >= 0.3 is 0 Å². The van der Waals surface area contributed by atoms with E-state index in [1.807, 2.05) is 36.6 Å². The molecule has 4 rings (SSSR count). The Morgan fingerprint density at radius 3 is 2.66 bits per heavy atom. The molecule has 2 heterocycles. The minimum Gasteiger partial charge on any atom is -0.346 e. The molecule has 1 aromatic heterocycles. The number of nitrogens with one attached hydrogen (secondary N) is 1. The smallest absolute Gasteiger partial charge is 0.253 e. The molecule has 1 N–H and O–H groups in total. The summed E-state index contributed by atoms with van der Waals surface area (Å²) in [6.07, 6.45) is 2.72. The first-order chi connectivity index (χ1) is 15.4. The van der Waals surface area contributed by atoms with Gasteiger partial charge in [-0.15, -0.1) is 11.3 Å². The highest BCUT2D eigenvalue weighted by Gasteiger charge is 2.27. The summed E-state index contributed by atoms with van der Waals surface area (Å²) in [5, 5.41) is 5.81. The molecule has 3 aromatic rings. The highest BCUT2D eigenvalue weighted by molar-refractivity contribution is 7.89. The van der Waals surface area contributed by atoms with E-state index < -0.39 is 15.9 Å². The molecule has 1 saturated heterocycles. The van der Waals surface area contributed by atoms with Gasteiger partial charge in [-0.3, -0.25) is 4.79 Å². The van der Waals surface area contributed by atoms with Crippen LogP contribution in [0, 0.1) is 6.92 Å². The number of nitrogens with zero attached hydrogens (tertiary/aromatic N) is 2. The van der Waals surface area contributed by atoms with Crippen LogP contribution in [-0.2, 0) is 16.6 Å². The number of aryl methyl sites for hydroxylation is 1. The fraction of sp³-hybridized carbons (Fsp3) is 0.304. The fourth-order valence-electron chi connectivity index (χ4n) is 3.68. The molecule has 0 atom stereocenters. The second kappa shape index (κ2) is 9.70. The van der Waals surface area contributed by atoms with Gasteiger partial charge in [0.25, 0.3) is 5.91 Å². The summed E-state index contributed by atoms with van der Waals surface area (Å²) < 4.78 is 27.4. The maximum atomic E-state index is 13.0. The number of carbonyl (C=O) groups is 1. The topological polar surface area (TPSA) is 79.4 Å². The Labute approximate surface area is 197 Å². The zero-order valence-corrected chi connectivity index (χ0v) is 20.1. The summed E-state index contributed by atoms with van der Waals surface area (Å²) in [5.41, 5.74) is 3.07. The summed E-state index contributed by atoms with van der Waals surface area (Å²) in [6.45, 7) is 3.25. The number of benzene rings is 2. The third-order valence-electron chi connectivity index (χ3n) is 5.49. The first-order valence-electron chi connectivity index (χ1n) is 10.4. The van der Waals surface area contributed by atoms with Gasteiger partial charge in [-0.25, -0.2) is 13.4 Å². The summed E-state index contributed by atoms with van der Waals surface area (Å²) >= 11 is 7.74. The van der Waals surface area contributed by atoms with E-state index in [0.29, 0.717) is 13.1 Å². The van der Waals surface area contributed by atoms with Crippen molar-refractivity contribution in [3.8, 4) is 10.6 Å². The second-order valence-corrected chi connectivity index (χ2v) is 11.0. The number of aromatic nitrogens is 1. The minimum atomic E-state index is -3.65. The van der Waals surface area contributed by atoms with E-state index >= 15 is 0 Å².